The summed E-state index contributed by atoms with van der Waals surface area (Å²) >= 11 is 0. The van der Waals surface area contributed by atoms with Crippen LogP contribution in [0.15, 0.2) is 73.3 Å². The lowest BCUT2D eigenvalue weighted by molar-refractivity contribution is -0.137. The molecule has 5 rings (SSSR count). The average Bonchev–Trinajstić information content (AvgIpc) is 3.50. The van der Waals surface area contributed by atoms with Gasteiger partial charge in [-0.25, -0.2) is 4.52 Å². The average molecular weight is 436 g/mol. The molecule has 0 aliphatic heterocycles. The van der Waals surface area contributed by atoms with Gasteiger partial charge in [0.05, 0.1) is 23.1 Å². The Morgan fingerprint density at radius 1 is 1.06 bits per heavy atom. The molecule has 0 fully saturated rings. The first kappa shape index (κ1) is 19.9. The van der Waals surface area contributed by atoms with Crippen molar-refractivity contribution in [2.24, 2.45) is 0 Å². The number of halogens is 3. The Kier molecular flexibility index (Phi) is 4.73. The summed E-state index contributed by atoms with van der Waals surface area (Å²) in [7, 11) is 0. The summed E-state index contributed by atoms with van der Waals surface area (Å²) in [5.41, 5.74) is 5.32. The van der Waals surface area contributed by atoms with Crippen molar-refractivity contribution < 1.29 is 13.2 Å². The van der Waals surface area contributed by atoms with Gasteiger partial charge in [-0.05, 0) is 42.3 Å². The van der Waals surface area contributed by atoms with Crippen molar-refractivity contribution in [1.82, 2.24) is 24.4 Å². The highest BCUT2D eigenvalue weighted by atomic mass is 19.4. The molecular weight excluding hydrogens is 417 g/mol. The van der Waals surface area contributed by atoms with Crippen LogP contribution in [0.2, 0.25) is 0 Å². The highest BCUT2D eigenvalue weighted by Gasteiger charge is 2.30. The van der Waals surface area contributed by atoms with E-state index in [1.165, 1.54) is 12.1 Å². The van der Waals surface area contributed by atoms with Crippen molar-refractivity contribution in [3.05, 3.63) is 90.0 Å². The van der Waals surface area contributed by atoms with E-state index in [1.54, 1.807) is 23.0 Å². The minimum atomic E-state index is -4.35. The van der Waals surface area contributed by atoms with Crippen molar-refractivity contribution in [2.45, 2.75) is 19.6 Å². The normalized spacial score (nSPS) is 11.9. The molecule has 0 saturated heterocycles. The van der Waals surface area contributed by atoms with Gasteiger partial charge in [0.25, 0.3) is 0 Å². The molecule has 5 aromatic rings. The third-order valence-corrected chi connectivity index (χ3v) is 5.33. The van der Waals surface area contributed by atoms with Gasteiger partial charge in [0.1, 0.15) is 5.65 Å². The molecule has 0 unspecified atom stereocenters. The zero-order chi connectivity index (χ0) is 22.3. The number of H-pyrrole nitrogens is 1. The minimum Gasteiger partial charge on any atom is -0.381 e. The second-order valence-electron chi connectivity index (χ2n) is 7.54. The molecule has 0 radical (unpaired) electrons. The number of fused-ring (bicyclic) bond motifs is 1. The van der Waals surface area contributed by atoms with Gasteiger partial charge in [0.15, 0.2) is 0 Å². The largest absolute Gasteiger partial charge is 0.416 e. The summed E-state index contributed by atoms with van der Waals surface area (Å²) in [6.45, 7) is 2.29. The SMILES string of the molecule is Cc1ccc(NCc2cccc(C(F)(F)F)c2)cc1-n1ccn2nc(-c3cn[nH]c3)cc12. The van der Waals surface area contributed by atoms with Crippen molar-refractivity contribution in [2.75, 3.05) is 5.32 Å². The predicted molar refractivity (Wildman–Crippen MR) is 116 cm³/mol. The predicted octanol–water partition coefficient (Wildman–Crippen LogP) is 5.45. The van der Waals surface area contributed by atoms with Crippen molar-refractivity contribution in [1.29, 1.82) is 0 Å². The number of benzene rings is 2. The molecule has 0 aliphatic carbocycles. The van der Waals surface area contributed by atoms with Gasteiger partial charge in [-0.15, -0.1) is 0 Å². The smallest absolute Gasteiger partial charge is 0.381 e. The first-order valence-electron chi connectivity index (χ1n) is 9.95. The molecule has 3 heterocycles. The standard InChI is InChI=1S/C23H19F3N6/c1-15-5-6-19(27-12-16-3-2-4-18(9-16)23(24,25)26)10-21(15)31-7-8-32-22(31)11-20(30-32)17-13-28-29-14-17/h2-11,13-14,27H,12H2,1H3,(H,28,29). The molecule has 0 bridgehead atoms. The second kappa shape index (κ2) is 7.60. The number of rotatable bonds is 5. The Morgan fingerprint density at radius 2 is 1.94 bits per heavy atom. The van der Waals surface area contributed by atoms with E-state index in [0.29, 0.717) is 5.56 Å². The molecule has 32 heavy (non-hydrogen) atoms. The number of aryl methyl sites for hydroxylation is 1. The molecule has 0 saturated carbocycles. The van der Waals surface area contributed by atoms with Crippen LogP contribution in [-0.4, -0.2) is 24.4 Å². The van der Waals surface area contributed by atoms with Crippen LogP contribution in [0.4, 0.5) is 18.9 Å². The third kappa shape index (κ3) is 3.73. The van der Waals surface area contributed by atoms with Crippen LogP contribution in [-0.2, 0) is 12.7 Å². The van der Waals surface area contributed by atoms with Crippen LogP contribution >= 0.6 is 0 Å². The van der Waals surface area contributed by atoms with Crippen LogP contribution in [0.5, 0.6) is 0 Å². The number of imidazole rings is 1. The minimum absolute atomic E-state index is 0.283. The van der Waals surface area contributed by atoms with E-state index >= 15 is 0 Å². The molecule has 0 atom stereocenters. The van der Waals surface area contributed by atoms with Crippen molar-refractivity contribution >= 4 is 11.3 Å². The van der Waals surface area contributed by atoms with Gasteiger partial charge in [-0.1, -0.05) is 18.2 Å². The highest BCUT2D eigenvalue weighted by Crippen LogP contribution is 2.30. The van der Waals surface area contributed by atoms with Crippen molar-refractivity contribution in [3.8, 4) is 16.9 Å². The van der Waals surface area contributed by atoms with Gasteiger partial charge < -0.3 is 5.32 Å². The maximum Gasteiger partial charge on any atom is 0.416 e. The maximum atomic E-state index is 13.0. The lowest BCUT2D eigenvalue weighted by Crippen LogP contribution is -2.07. The quantitative estimate of drug-likeness (QED) is 0.385. The van der Waals surface area contributed by atoms with Gasteiger partial charge in [-0.3, -0.25) is 9.67 Å². The molecule has 0 spiro atoms. The molecule has 0 aliphatic rings. The molecule has 6 nitrogen and oxygen atoms in total. The first-order chi connectivity index (χ1) is 15.4. The third-order valence-electron chi connectivity index (χ3n) is 5.33. The van der Waals surface area contributed by atoms with Crippen molar-refractivity contribution in [3.63, 3.8) is 0 Å². The highest BCUT2D eigenvalue weighted by molar-refractivity contribution is 5.66. The Bertz CT molecular complexity index is 1380. The van der Waals surface area contributed by atoms with E-state index in [0.717, 1.165) is 39.9 Å². The summed E-state index contributed by atoms with van der Waals surface area (Å²) in [6.07, 6.45) is 2.96. The summed E-state index contributed by atoms with van der Waals surface area (Å²) in [4.78, 5) is 0. The zero-order valence-corrected chi connectivity index (χ0v) is 17.1. The maximum absolute atomic E-state index is 13.0. The molecule has 2 N–H and O–H groups in total. The summed E-state index contributed by atoms with van der Waals surface area (Å²) in [6, 6.07) is 13.2. The molecular formula is C23H19F3N6. The van der Waals surface area contributed by atoms with E-state index in [4.69, 9.17) is 0 Å². The second-order valence-corrected chi connectivity index (χ2v) is 7.54. The number of aromatic nitrogens is 5. The Labute approximate surface area is 181 Å². The zero-order valence-electron chi connectivity index (χ0n) is 17.1. The number of alkyl halides is 3. The van der Waals surface area contributed by atoms with E-state index in [1.807, 2.05) is 48.1 Å². The van der Waals surface area contributed by atoms with E-state index in [2.05, 4.69) is 20.6 Å². The molecule has 3 aromatic heterocycles. The lowest BCUT2D eigenvalue weighted by atomic mass is 10.1. The molecule has 162 valence electrons. The van der Waals surface area contributed by atoms with Crippen LogP contribution in [0.1, 0.15) is 16.7 Å². The van der Waals surface area contributed by atoms with Gasteiger partial charge in [0.2, 0.25) is 0 Å². The number of anilines is 1. The Hall–Kier alpha value is -4.01. The number of nitrogens with zero attached hydrogens (tertiary/aromatic N) is 4. The van der Waals surface area contributed by atoms with Gasteiger partial charge in [-0.2, -0.15) is 23.4 Å². The summed E-state index contributed by atoms with van der Waals surface area (Å²) < 4.78 is 42.7. The van der Waals surface area contributed by atoms with E-state index in [-0.39, 0.29) is 6.54 Å². The van der Waals surface area contributed by atoms with Gasteiger partial charge in [0, 0.05) is 42.5 Å². The number of hydrogen-bond acceptors (Lipinski definition) is 3. The number of hydrogen-bond donors (Lipinski definition) is 2. The first-order valence-corrected chi connectivity index (χ1v) is 9.95. The molecule has 9 heteroatoms. The number of aromatic amines is 1. The number of nitrogens with one attached hydrogen (secondary N) is 2. The van der Waals surface area contributed by atoms with E-state index < -0.39 is 11.7 Å². The van der Waals surface area contributed by atoms with Gasteiger partial charge >= 0.3 is 6.18 Å². The summed E-state index contributed by atoms with van der Waals surface area (Å²) in [5, 5.41) is 14.6. The lowest BCUT2D eigenvalue weighted by Gasteiger charge is -2.13. The van der Waals surface area contributed by atoms with Crippen LogP contribution in [0.25, 0.3) is 22.6 Å². The van der Waals surface area contributed by atoms with Crippen LogP contribution in [0.3, 0.4) is 0 Å². The molecule has 2 aromatic carbocycles. The Balaban J connectivity index is 1.42. The fraction of sp³-hybridized carbons (Fsp3) is 0.130. The van der Waals surface area contributed by atoms with E-state index in [9.17, 15) is 13.2 Å². The molecule has 0 amide bonds. The van der Waals surface area contributed by atoms with Crippen LogP contribution < -0.4 is 5.32 Å². The monoisotopic (exact) mass is 436 g/mol. The fourth-order valence-corrected chi connectivity index (χ4v) is 3.66. The Morgan fingerprint density at radius 3 is 2.72 bits per heavy atom. The van der Waals surface area contributed by atoms with Crippen LogP contribution in [0, 0.1) is 6.92 Å². The fourth-order valence-electron chi connectivity index (χ4n) is 3.66. The topological polar surface area (TPSA) is 62.9 Å². The summed E-state index contributed by atoms with van der Waals surface area (Å²) in [5.74, 6) is 0.